The zero-order chi connectivity index (χ0) is 21.9. The fourth-order valence-corrected chi connectivity index (χ4v) is 2.80. The number of nitrogens with one attached hydrogen (secondary N) is 1. The van der Waals surface area contributed by atoms with Gasteiger partial charge in [0.2, 0.25) is 5.43 Å². The molecule has 0 bridgehead atoms. The third kappa shape index (κ3) is 4.58. The molecule has 0 radical (unpaired) electrons. The van der Waals surface area contributed by atoms with Crippen LogP contribution >= 0.6 is 0 Å². The third-order valence-electron chi connectivity index (χ3n) is 4.12. The second-order valence-corrected chi connectivity index (χ2v) is 5.99. The maximum absolute atomic E-state index is 13.7. The van der Waals surface area contributed by atoms with Crippen LogP contribution in [0.4, 0.5) is 8.78 Å². The van der Waals surface area contributed by atoms with Gasteiger partial charge in [0, 0.05) is 23.9 Å². The topological polar surface area (TPSA) is 138 Å². The number of carbonyl (C=O) groups is 2. The van der Waals surface area contributed by atoms with E-state index in [9.17, 15) is 38.5 Å². The van der Waals surface area contributed by atoms with Gasteiger partial charge in [-0.3, -0.25) is 9.59 Å². The molecule has 0 unspecified atom stereocenters. The first-order valence-electron chi connectivity index (χ1n) is 8.21. The molecule has 2 aromatic rings. The van der Waals surface area contributed by atoms with Crippen LogP contribution in [0.25, 0.3) is 0 Å². The fraction of sp³-hybridized carbons (Fsp3) is 0.278. The van der Waals surface area contributed by atoms with Crippen molar-refractivity contribution in [1.29, 1.82) is 0 Å². The second kappa shape index (κ2) is 8.80. The highest BCUT2D eigenvalue weighted by Gasteiger charge is 2.28. The maximum Gasteiger partial charge on any atom is 0.356 e. The van der Waals surface area contributed by atoms with Crippen LogP contribution in [-0.2, 0) is 13.1 Å². The van der Waals surface area contributed by atoms with Crippen molar-refractivity contribution >= 4 is 11.9 Å². The monoisotopic (exact) mass is 412 g/mol. The molecule has 1 amide bonds. The van der Waals surface area contributed by atoms with Crippen molar-refractivity contribution in [2.24, 2.45) is 0 Å². The highest BCUT2D eigenvalue weighted by atomic mass is 19.1. The van der Waals surface area contributed by atoms with Crippen LogP contribution in [0.1, 0.15) is 32.1 Å². The Bertz CT molecular complexity index is 1020. The van der Waals surface area contributed by atoms with E-state index in [0.717, 1.165) is 23.8 Å². The maximum atomic E-state index is 13.7. The van der Waals surface area contributed by atoms with E-state index in [0.29, 0.717) is 6.07 Å². The number of ether oxygens (including phenoxy) is 1. The second-order valence-electron chi connectivity index (χ2n) is 5.99. The van der Waals surface area contributed by atoms with E-state index in [-0.39, 0.29) is 17.8 Å². The lowest BCUT2D eigenvalue weighted by Gasteiger charge is -2.20. The summed E-state index contributed by atoms with van der Waals surface area (Å²) in [5.74, 6) is -4.94. The zero-order valence-corrected chi connectivity index (χ0v) is 15.4. The number of halogens is 2. The molecule has 1 heterocycles. The molecule has 0 fully saturated rings. The van der Waals surface area contributed by atoms with E-state index in [4.69, 9.17) is 4.74 Å². The minimum atomic E-state index is -1.98. The molecule has 1 aromatic heterocycles. The van der Waals surface area contributed by atoms with Gasteiger partial charge in [-0.25, -0.2) is 13.6 Å². The van der Waals surface area contributed by atoms with Crippen LogP contribution < -0.4 is 15.5 Å². The molecule has 0 saturated heterocycles. The largest absolute Gasteiger partial charge is 0.491 e. The first-order chi connectivity index (χ1) is 13.6. The zero-order valence-electron chi connectivity index (χ0n) is 15.4. The predicted octanol–water partition coefficient (Wildman–Crippen LogP) is 0.382. The standard InChI is InChI=1S/C18H18F2N2O7/c1-8-13(17(26)21-6-9-3-4-10(19)5-11(9)20)15(25)16(29-2)14(18(27)28)22(8)7-12(23)24/h3-5,12,23-24H,6-7H2,1-2H3,(H,21,26)(H,27,28). The number of nitrogens with zero attached hydrogens (tertiary/aromatic N) is 1. The van der Waals surface area contributed by atoms with Crippen molar-refractivity contribution in [3.8, 4) is 5.75 Å². The number of aliphatic hydroxyl groups is 2. The van der Waals surface area contributed by atoms with E-state index in [2.05, 4.69) is 5.32 Å². The Labute approximate surface area is 162 Å². The first kappa shape index (κ1) is 22.0. The summed E-state index contributed by atoms with van der Waals surface area (Å²) in [6, 6.07) is 2.75. The van der Waals surface area contributed by atoms with Crippen LogP contribution in [0.2, 0.25) is 0 Å². The van der Waals surface area contributed by atoms with E-state index in [1.807, 2.05) is 0 Å². The summed E-state index contributed by atoms with van der Waals surface area (Å²) in [7, 11) is 1.02. The number of aromatic carboxylic acids is 1. The van der Waals surface area contributed by atoms with Crippen molar-refractivity contribution in [3.63, 3.8) is 0 Å². The summed E-state index contributed by atoms with van der Waals surface area (Å²) in [5, 5.41) is 30.2. The Morgan fingerprint density at radius 3 is 2.45 bits per heavy atom. The smallest absolute Gasteiger partial charge is 0.356 e. The van der Waals surface area contributed by atoms with Crippen molar-refractivity contribution in [2.75, 3.05) is 7.11 Å². The van der Waals surface area contributed by atoms with Crippen LogP contribution in [0.3, 0.4) is 0 Å². The number of aromatic nitrogens is 1. The molecule has 4 N–H and O–H groups in total. The van der Waals surface area contributed by atoms with E-state index in [1.54, 1.807) is 0 Å². The number of carboxylic acids is 1. The van der Waals surface area contributed by atoms with Crippen LogP contribution in [-0.4, -0.2) is 45.2 Å². The average Bonchev–Trinajstić information content (AvgIpc) is 2.62. The van der Waals surface area contributed by atoms with Gasteiger partial charge in [0.25, 0.3) is 5.91 Å². The first-order valence-corrected chi connectivity index (χ1v) is 8.21. The number of hydrogen-bond donors (Lipinski definition) is 4. The van der Waals surface area contributed by atoms with Gasteiger partial charge in [-0.05, 0) is 13.0 Å². The molecular weight excluding hydrogens is 394 g/mol. The van der Waals surface area contributed by atoms with E-state index in [1.165, 1.54) is 6.92 Å². The van der Waals surface area contributed by atoms with Gasteiger partial charge in [-0.1, -0.05) is 6.07 Å². The summed E-state index contributed by atoms with van der Waals surface area (Å²) in [4.78, 5) is 36.8. The number of methoxy groups -OCH3 is 1. The number of hydrogen-bond acceptors (Lipinski definition) is 6. The minimum absolute atomic E-state index is 0.0439. The number of carboxylic acid groups (broad SMARTS) is 1. The summed E-state index contributed by atoms with van der Waals surface area (Å²) in [6.07, 6.45) is -1.98. The van der Waals surface area contributed by atoms with Crippen molar-refractivity contribution in [2.45, 2.75) is 26.3 Å². The molecular formula is C18H18F2N2O7. The quantitative estimate of drug-likeness (QED) is 0.483. The van der Waals surface area contributed by atoms with Gasteiger partial charge in [-0.2, -0.15) is 0 Å². The van der Waals surface area contributed by atoms with Crippen molar-refractivity contribution in [1.82, 2.24) is 9.88 Å². The van der Waals surface area contributed by atoms with Gasteiger partial charge in [-0.15, -0.1) is 0 Å². The number of amides is 1. The number of carbonyl (C=O) groups excluding carboxylic acids is 1. The Balaban J connectivity index is 2.52. The highest BCUT2D eigenvalue weighted by molar-refractivity contribution is 5.97. The normalized spacial score (nSPS) is 10.9. The SMILES string of the molecule is COc1c(C(=O)O)n(CC(O)O)c(C)c(C(=O)NCc2ccc(F)cc2F)c1=O. The van der Waals surface area contributed by atoms with Gasteiger partial charge in [0.15, 0.2) is 17.7 Å². The summed E-state index contributed by atoms with van der Waals surface area (Å²) < 4.78 is 32.4. The molecule has 29 heavy (non-hydrogen) atoms. The Morgan fingerprint density at radius 2 is 1.93 bits per heavy atom. The number of rotatable bonds is 7. The van der Waals surface area contributed by atoms with Crippen LogP contribution in [0, 0.1) is 18.6 Å². The summed E-state index contributed by atoms with van der Waals surface area (Å²) >= 11 is 0. The fourth-order valence-electron chi connectivity index (χ4n) is 2.80. The molecule has 0 saturated carbocycles. The van der Waals surface area contributed by atoms with Crippen molar-refractivity contribution in [3.05, 3.63) is 62.6 Å². The molecule has 0 aliphatic carbocycles. The van der Waals surface area contributed by atoms with Crippen LogP contribution in [0.5, 0.6) is 5.75 Å². The van der Waals surface area contributed by atoms with Gasteiger partial charge in [0.05, 0.1) is 13.7 Å². The number of aliphatic hydroxyl groups excluding tert-OH is 1. The number of benzene rings is 1. The third-order valence-corrected chi connectivity index (χ3v) is 4.12. The van der Waals surface area contributed by atoms with E-state index < -0.39 is 58.8 Å². The molecule has 0 atom stereocenters. The minimum Gasteiger partial charge on any atom is -0.491 e. The lowest BCUT2D eigenvalue weighted by molar-refractivity contribution is -0.0522. The lowest BCUT2D eigenvalue weighted by Crippen LogP contribution is -2.35. The molecule has 0 aliphatic heterocycles. The predicted molar refractivity (Wildman–Crippen MR) is 94.7 cm³/mol. The van der Waals surface area contributed by atoms with Crippen LogP contribution in [0.15, 0.2) is 23.0 Å². The van der Waals surface area contributed by atoms with Gasteiger partial charge >= 0.3 is 5.97 Å². The highest BCUT2D eigenvalue weighted by Crippen LogP contribution is 2.20. The summed E-state index contributed by atoms with van der Waals surface area (Å²) in [5.41, 5.74) is -2.43. The molecule has 0 aliphatic rings. The Hall–Kier alpha value is -3.31. The van der Waals surface area contributed by atoms with Crippen molar-refractivity contribution < 1.29 is 38.4 Å². The molecule has 2 rings (SSSR count). The number of pyridine rings is 1. The van der Waals surface area contributed by atoms with E-state index >= 15 is 0 Å². The molecule has 11 heteroatoms. The Morgan fingerprint density at radius 1 is 1.28 bits per heavy atom. The average molecular weight is 412 g/mol. The summed E-state index contributed by atoms with van der Waals surface area (Å²) in [6.45, 7) is 0.204. The molecule has 1 aromatic carbocycles. The molecule has 0 spiro atoms. The van der Waals surface area contributed by atoms with Gasteiger partial charge in [0.1, 0.15) is 17.2 Å². The lowest BCUT2D eigenvalue weighted by atomic mass is 10.1. The Kier molecular flexibility index (Phi) is 6.67. The van der Waals surface area contributed by atoms with Gasteiger partial charge < -0.3 is 29.9 Å². The molecule has 156 valence electrons. The molecule has 9 nitrogen and oxygen atoms in total.